The van der Waals surface area contributed by atoms with Gasteiger partial charge in [-0.15, -0.1) is 11.3 Å². The molecule has 0 amide bonds. The highest BCUT2D eigenvalue weighted by atomic mass is 32.1. The summed E-state index contributed by atoms with van der Waals surface area (Å²) in [5.74, 6) is -0.744. The number of hydrogen-bond donors (Lipinski definition) is 1. The van der Waals surface area contributed by atoms with Gasteiger partial charge in [-0.05, 0) is 56.0 Å². The SMILES string of the molecule is CNC(CCCc1cccs1)c1cc(F)ccc1F. The van der Waals surface area contributed by atoms with Gasteiger partial charge in [-0.25, -0.2) is 8.78 Å². The summed E-state index contributed by atoms with van der Waals surface area (Å²) in [6.45, 7) is 0. The monoisotopic (exact) mass is 281 g/mol. The lowest BCUT2D eigenvalue weighted by atomic mass is 10.00. The maximum Gasteiger partial charge on any atom is 0.128 e. The third-order valence-electron chi connectivity index (χ3n) is 3.18. The fraction of sp³-hybridized carbons (Fsp3) is 0.333. The van der Waals surface area contributed by atoms with Crippen LogP contribution in [0.4, 0.5) is 8.78 Å². The molecule has 1 heterocycles. The van der Waals surface area contributed by atoms with Crippen LogP contribution in [0.15, 0.2) is 35.7 Å². The molecule has 1 nitrogen and oxygen atoms in total. The quantitative estimate of drug-likeness (QED) is 0.832. The highest BCUT2D eigenvalue weighted by molar-refractivity contribution is 7.09. The predicted octanol–water partition coefficient (Wildman–Crippen LogP) is 4.31. The first kappa shape index (κ1) is 14.2. The van der Waals surface area contributed by atoms with Gasteiger partial charge >= 0.3 is 0 Å². The molecule has 0 fully saturated rings. The van der Waals surface area contributed by atoms with Crippen molar-refractivity contribution in [2.24, 2.45) is 0 Å². The van der Waals surface area contributed by atoms with Gasteiger partial charge in [0.25, 0.3) is 0 Å². The highest BCUT2D eigenvalue weighted by Gasteiger charge is 2.14. The average molecular weight is 281 g/mol. The normalized spacial score (nSPS) is 12.6. The minimum absolute atomic E-state index is 0.143. The molecule has 2 rings (SSSR count). The molecule has 0 bridgehead atoms. The van der Waals surface area contributed by atoms with Crippen LogP contribution < -0.4 is 5.32 Å². The average Bonchev–Trinajstić information content (AvgIpc) is 2.91. The summed E-state index contributed by atoms with van der Waals surface area (Å²) in [6.07, 6.45) is 2.71. The van der Waals surface area contributed by atoms with Gasteiger partial charge in [0.1, 0.15) is 11.6 Å². The maximum atomic E-state index is 13.7. The Kier molecular flexibility index (Phi) is 5.05. The summed E-state index contributed by atoms with van der Waals surface area (Å²) < 4.78 is 26.9. The van der Waals surface area contributed by atoms with E-state index in [1.54, 1.807) is 18.4 Å². The molecule has 0 aliphatic heterocycles. The van der Waals surface area contributed by atoms with E-state index in [1.165, 1.54) is 17.0 Å². The molecular formula is C15H17F2NS. The van der Waals surface area contributed by atoms with Crippen molar-refractivity contribution in [3.8, 4) is 0 Å². The minimum Gasteiger partial charge on any atom is -0.313 e. The topological polar surface area (TPSA) is 12.0 Å². The number of hydrogen-bond acceptors (Lipinski definition) is 2. The van der Waals surface area contributed by atoms with Crippen molar-refractivity contribution < 1.29 is 8.78 Å². The molecule has 1 unspecified atom stereocenters. The van der Waals surface area contributed by atoms with Crippen molar-refractivity contribution in [1.82, 2.24) is 5.32 Å². The second-order valence-corrected chi connectivity index (χ2v) is 5.51. The Bertz CT molecular complexity index is 511. The van der Waals surface area contributed by atoms with Crippen LogP contribution in [0.3, 0.4) is 0 Å². The van der Waals surface area contributed by atoms with Crippen LogP contribution >= 0.6 is 11.3 Å². The van der Waals surface area contributed by atoms with E-state index in [9.17, 15) is 8.78 Å². The number of nitrogens with one attached hydrogen (secondary N) is 1. The molecule has 1 aromatic carbocycles. The molecular weight excluding hydrogens is 264 g/mol. The van der Waals surface area contributed by atoms with Gasteiger partial charge in [-0.3, -0.25) is 0 Å². The number of aryl methyl sites for hydroxylation is 1. The van der Waals surface area contributed by atoms with E-state index in [0.717, 1.165) is 25.3 Å². The molecule has 1 N–H and O–H groups in total. The molecule has 0 spiro atoms. The van der Waals surface area contributed by atoms with Crippen LogP contribution in [0.1, 0.15) is 29.3 Å². The standard InChI is InChI=1S/C15H17F2NS/c1-18-15(6-2-4-12-5-3-9-19-12)13-10-11(16)7-8-14(13)17/h3,5,7-10,15,18H,2,4,6H2,1H3. The van der Waals surface area contributed by atoms with Crippen molar-refractivity contribution in [3.05, 3.63) is 57.8 Å². The van der Waals surface area contributed by atoms with Crippen LogP contribution in [0, 0.1) is 11.6 Å². The van der Waals surface area contributed by atoms with E-state index in [0.29, 0.717) is 5.56 Å². The van der Waals surface area contributed by atoms with Gasteiger partial charge in [-0.2, -0.15) is 0 Å². The molecule has 0 saturated heterocycles. The molecule has 102 valence electrons. The smallest absolute Gasteiger partial charge is 0.128 e. The molecule has 0 radical (unpaired) electrons. The van der Waals surface area contributed by atoms with Gasteiger partial charge in [0.05, 0.1) is 0 Å². The first-order valence-electron chi connectivity index (χ1n) is 6.35. The molecule has 0 saturated carbocycles. The van der Waals surface area contributed by atoms with E-state index in [1.807, 2.05) is 6.07 Å². The maximum absolute atomic E-state index is 13.7. The molecule has 0 aliphatic carbocycles. The highest BCUT2D eigenvalue weighted by Crippen LogP contribution is 2.23. The van der Waals surface area contributed by atoms with E-state index >= 15 is 0 Å². The van der Waals surface area contributed by atoms with Crippen molar-refractivity contribution in [2.75, 3.05) is 7.05 Å². The summed E-state index contributed by atoms with van der Waals surface area (Å²) in [7, 11) is 1.78. The summed E-state index contributed by atoms with van der Waals surface area (Å²) in [4.78, 5) is 1.33. The van der Waals surface area contributed by atoms with Crippen molar-refractivity contribution >= 4 is 11.3 Å². The Balaban J connectivity index is 1.97. The van der Waals surface area contributed by atoms with Crippen LogP contribution in [0.2, 0.25) is 0 Å². The van der Waals surface area contributed by atoms with Gasteiger partial charge in [0.15, 0.2) is 0 Å². The van der Waals surface area contributed by atoms with Crippen molar-refractivity contribution in [3.63, 3.8) is 0 Å². The molecule has 2 aromatic rings. The predicted molar refractivity (Wildman–Crippen MR) is 75.4 cm³/mol. The Labute approximate surface area is 116 Å². The zero-order valence-electron chi connectivity index (χ0n) is 10.8. The number of benzene rings is 1. The van der Waals surface area contributed by atoms with Crippen molar-refractivity contribution in [1.29, 1.82) is 0 Å². The lowest BCUT2D eigenvalue weighted by Gasteiger charge is -2.17. The van der Waals surface area contributed by atoms with Gasteiger partial charge < -0.3 is 5.32 Å². The summed E-state index contributed by atoms with van der Waals surface area (Å²) in [5, 5.41) is 5.12. The van der Waals surface area contributed by atoms with Gasteiger partial charge in [-0.1, -0.05) is 6.07 Å². The largest absolute Gasteiger partial charge is 0.313 e. The molecule has 19 heavy (non-hydrogen) atoms. The first-order chi connectivity index (χ1) is 9.20. The van der Waals surface area contributed by atoms with Crippen LogP contribution in [-0.2, 0) is 6.42 Å². The zero-order chi connectivity index (χ0) is 13.7. The third-order valence-corrected chi connectivity index (χ3v) is 4.11. The van der Waals surface area contributed by atoms with E-state index < -0.39 is 5.82 Å². The Morgan fingerprint density at radius 3 is 2.79 bits per heavy atom. The zero-order valence-corrected chi connectivity index (χ0v) is 11.6. The summed E-state index contributed by atoms with van der Waals surface area (Å²) in [6, 6.07) is 7.60. The van der Waals surface area contributed by atoms with E-state index in [-0.39, 0.29) is 11.9 Å². The number of rotatable bonds is 6. The molecule has 0 aliphatic rings. The molecule has 1 aromatic heterocycles. The molecule has 4 heteroatoms. The lowest BCUT2D eigenvalue weighted by Crippen LogP contribution is -2.18. The number of halogens is 2. The second-order valence-electron chi connectivity index (χ2n) is 4.48. The number of thiophene rings is 1. The summed E-state index contributed by atoms with van der Waals surface area (Å²) >= 11 is 1.73. The lowest BCUT2D eigenvalue weighted by molar-refractivity contribution is 0.489. The summed E-state index contributed by atoms with van der Waals surface area (Å²) in [5.41, 5.74) is 0.411. The first-order valence-corrected chi connectivity index (χ1v) is 7.23. The Morgan fingerprint density at radius 1 is 1.26 bits per heavy atom. The van der Waals surface area contributed by atoms with E-state index in [4.69, 9.17) is 0 Å². The van der Waals surface area contributed by atoms with Crippen LogP contribution in [0.5, 0.6) is 0 Å². The fourth-order valence-electron chi connectivity index (χ4n) is 2.17. The van der Waals surface area contributed by atoms with Gasteiger partial charge in [0.2, 0.25) is 0 Å². The van der Waals surface area contributed by atoms with Gasteiger partial charge in [0, 0.05) is 16.5 Å². The minimum atomic E-state index is -0.394. The third kappa shape index (κ3) is 3.85. The second kappa shape index (κ2) is 6.78. The Morgan fingerprint density at radius 2 is 2.11 bits per heavy atom. The van der Waals surface area contributed by atoms with Crippen LogP contribution in [0.25, 0.3) is 0 Å². The van der Waals surface area contributed by atoms with Crippen molar-refractivity contribution in [2.45, 2.75) is 25.3 Å². The Hall–Kier alpha value is -1.26. The molecule has 1 atom stereocenters. The van der Waals surface area contributed by atoms with Crippen LogP contribution in [-0.4, -0.2) is 7.05 Å². The fourth-order valence-corrected chi connectivity index (χ4v) is 2.92. The van der Waals surface area contributed by atoms with E-state index in [2.05, 4.69) is 16.8 Å².